The molecule has 0 aliphatic carbocycles. The van der Waals surface area contributed by atoms with Crippen LogP contribution in [-0.4, -0.2) is 8.07 Å². The van der Waals surface area contributed by atoms with Crippen LogP contribution in [0.1, 0.15) is 38.7 Å². The summed E-state index contributed by atoms with van der Waals surface area (Å²) < 4.78 is 0. The lowest BCUT2D eigenvalue weighted by Crippen LogP contribution is -2.41. The van der Waals surface area contributed by atoms with Crippen LogP contribution >= 0.6 is 0 Å². The Morgan fingerprint density at radius 2 is 1.89 bits per heavy atom. The van der Waals surface area contributed by atoms with Gasteiger partial charge in [-0.1, -0.05) is 68.1 Å². The largest absolute Gasteiger partial charge is 0.108 e. The summed E-state index contributed by atoms with van der Waals surface area (Å²) in [5.74, 6) is 0. The second kappa shape index (κ2) is 4.89. The molecule has 0 bridgehead atoms. The van der Waals surface area contributed by atoms with Gasteiger partial charge in [0.05, 0.1) is 0 Å². The van der Waals surface area contributed by atoms with Crippen molar-refractivity contribution in [3.05, 3.63) is 47.2 Å². The molecule has 0 radical (unpaired) electrons. The molecule has 1 aliphatic rings. The topological polar surface area (TPSA) is 0 Å². The first kappa shape index (κ1) is 13.4. The van der Waals surface area contributed by atoms with Gasteiger partial charge >= 0.3 is 0 Å². The van der Waals surface area contributed by atoms with E-state index in [4.69, 9.17) is 0 Å². The quantitative estimate of drug-likeness (QED) is 0.542. The van der Waals surface area contributed by atoms with Crippen LogP contribution in [0.2, 0.25) is 13.1 Å². The molecular weight excluding hydrogens is 232 g/mol. The lowest BCUT2D eigenvalue weighted by Gasteiger charge is -2.22. The van der Waals surface area contributed by atoms with Gasteiger partial charge in [-0.15, -0.1) is 0 Å². The van der Waals surface area contributed by atoms with Gasteiger partial charge in [-0.05, 0) is 36.1 Å². The van der Waals surface area contributed by atoms with Gasteiger partial charge in [0.25, 0.3) is 0 Å². The monoisotopic (exact) mass is 256 g/mol. The van der Waals surface area contributed by atoms with Crippen LogP contribution in [0.4, 0.5) is 0 Å². The van der Waals surface area contributed by atoms with Gasteiger partial charge in [0, 0.05) is 0 Å². The van der Waals surface area contributed by atoms with Crippen LogP contribution in [0.5, 0.6) is 0 Å². The van der Waals surface area contributed by atoms with E-state index in [2.05, 4.69) is 57.8 Å². The Balaban J connectivity index is 2.58. The van der Waals surface area contributed by atoms with Gasteiger partial charge in [0.1, 0.15) is 8.07 Å². The summed E-state index contributed by atoms with van der Waals surface area (Å²) in [7, 11) is -1.40. The number of fused-ring (bicyclic) bond motifs is 1. The highest BCUT2D eigenvalue weighted by atomic mass is 28.3. The van der Waals surface area contributed by atoms with Crippen molar-refractivity contribution in [3.8, 4) is 0 Å². The van der Waals surface area contributed by atoms with E-state index < -0.39 is 8.07 Å². The van der Waals surface area contributed by atoms with E-state index in [1.807, 2.05) is 0 Å². The molecule has 0 unspecified atom stereocenters. The van der Waals surface area contributed by atoms with Crippen LogP contribution in [0, 0.1) is 0 Å². The van der Waals surface area contributed by atoms with E-state index in [9.17, 15) is 0 Å². The molecule has 1 aliphatic heterocycles. The van der Waals surface area contributed by atoms with Crippen LogP contribution in [0.25, 0.3) is 5.57 Å². The zero-order valence-electron chi connectivity index (χ0n) is 12.1. The molecule has 96 valence electrons. The van der Waals surface area contributed by atoms with Crippen molar-refractivity contribution in [3.63, 3.8) is 0 Å². The first-order chi connectivity index (χ1) is 8.48. The van der Waals surface area contributed by atoms with E-state index in [1.54, 1.807) is 16.0 Å². The highest BCUT2D eigenvalue weighted by Crippen LogP contribution is 2.38. The summed E-state index contributed by atoms with van der Waals surface area (Å²) in [5.41, 5.74) is 4.39. The molecule has 0 N–H and O–H groups in total. The number of benzene rings is 1. The fourth-order valence-corrected chi connectivity index (χ4v) is 6.81. The molecule has 2 rings (SSSR count). The first-order valence-corrected chi connectivity index (χ1v) is 9.95. The van der Waals surface area contributed by atoms with Gasteiger partial charge in [0.15, 0.2) is 0 Å². The molecule has 1 aromatic carbocycles. The predicted molar refractivity (Wildman–Crippen MR) is 84.8 cm³/mol. The molecular formula is C17H24Si. The Labute approximate surface area is 112 Å². The summed E-state index contributed by atoms with van der Waals surface area (Å²) in [6, 6.07) is 9.03. The summed E-state index contributed by atoms with van der Waals surface area (Å²) in [6.07, 6.45) is 3.57. The Morgan fingerprint density at radius 1 is 1.22 bits per heavy atom. The minimum absolute atomic E-state index is 1.06. The zero-order chi connectivity index (χ0) is 13.3. The molecule has 0 nitrogen and oxygen atoms in total. The normalized spacial score (nSPS) is 16.9. The maximum atomic E-state index is 4.12. The molecule has 0 aromatic heterocycles. The highest BCUT2D eigenvalue weighted by Gasteiger charge is 2.38. The second-order valence-corrected chi connectivity index (χ2v) is 10.4. The van der Waals surface area contributed by atoms with E-state index in [1.165, 1.54) is 24.0 Å². The lowest BCUT2D eigenvalue weighted by atomic mass is 9.98. The molecule has 18 heavy (non-hydrogen) atoms. The molecule has 1 aromatic rings. The summed E-state index contributed by atoms with van der Waals surface area (Å²) in [5, 5.41) is 3.39. The van der Waals surface area contributed by atoms with Gasteiger partial charge in [-0.3, -0.25) is 0 Å². The highest BCUT2D eigenvalue weighted by molar-refractivity contribution is 6.98. The van der Waals surface area contributed by atoms with Gasteiger partial charge < -0.3 is 0 Å². The van der Waals surface area contributed by atoms with Gasteiger partial charge in [-0.25, -0.2) is 0 Å². The maximum absolute atomic E-state index is 4.12. The number of hydrogen-bond acceptors (Lipinski definition) is 0. The molecule has 0 saturated heterocycles. The van der Waals surface area contributed by atoms with Gasteiger partial charge in [-0.2, -0.15) is 0 Å². The van der Waals surface area contributed by atoms with Crippen LogP contribution in [-0.2, 0) is 0 Å². The van der Waals surface area contributed by atoms with E-state index in [0.29, 0.717) is 0 Å². The zero-order valence-corrected chi connectivity index (χ0v) is 13.1. The Bertz CT molecular complexity index is 506. The SMILES string of the molecule is C=C(C)CC1=C(CCC)[Si](C)(C)c2ccccc21. The van der Waals surface area contributed by atoms with Gasteiger partial charge in [0.2, 0.25) is 0 Å². The van der Waals surface area contributed by atoms with Crippen molar-refractivity contribution >= 4 is 18.8 Å². The Hall–Kier alpha value is -1.08. The van der Waals surface area contributed by atoms with Crippen molar-refractivity contribution < 1.29 is 0 Å². The molecule has 0 saturated carbocycles. The Morgan fingerprint density at radius 3 is 2.50 bits per heavy atom. The summed E-state index contributed by atoms with van der Waals surface area (Å²) in [6.45, 7) is 13.6. The third kappa shape index (κ3) is 2.12. The molecule has 1 heterocycles. The van der Waals surface area contributed by atoms with Crippen molar-refractivity contribution in [1.29, 1.82) is 0 Å². The average Bonchev–Trinajstić information content (AvgIpc) is 2.51. The third-order valence-electron chi connectivity index (χ3n) is 4.02. The lowest BCUT2D eigenvalue weighted by molar-refractivity contribution is 0.936. The molecule has 0 atom stereocenters. The summed E-state index contributed by atoms with van der Waals surface area (Å²) >= 11 is 0. The van der Waals surface area contributed by atoms with E-state index >= 15 is 0 Å². The molecule has 0 amide bonds. The van der Waals surface area contributed by atoms with Crippen LogP contribution < -0.4 is 5.19 Å². The number of allylic oxidation sites excluding steroid dienone is 3. The second-order valence-electron chi connectivity index (χ2n) is 6.01. The minimum atomic E-state index is -1.40. The molecule has 0 fully saturated rings. The number of hydrogen-bond donors (Lipinski definition) is 0. The maximum Gasteiger partial charge on any atom is 0.108 e. The smallest absolute Gasteiger partial charge is 0.0998 e. The number of rotatable bonds is 4. The average molecular weight is 256 g/mol. The fourth-order valence-electron chi connectivity index (χ4n) is 3.21. The predicted octanol–water partition coefficient (Wildman–Crippen LogP) is 4.67. The molecule has 1 heteroatoms. The first-order valence-electron chi connectivity index (χ1n) is 6.95. The van der Waals surface area contributed by atoms with Crippen molar-refractivity contribution in [2.24, 2.45) is 0 Å². The van der Waals surface area contributed by atoms with Crippen molar-refractivity contribution in [1.82, 2.24) is 0 Å². The van der Waals surface area contributed by atoms with Crippen molar-refractivity contribution in [2.75, 3.05) is 0 Å². The third-order valence-corrected chi connectivity index (χ3v) is 7.87. The minimum Gasteiger partial charge on any atom is -0.0998 e. The fraction of sp³-hybridized carbons (Fsp3) is 0.412. The van der Waals surface area contributed by atoms with Crippen molar-refractivity contribution in [2.45, 2.75) is 46.2 Å². The van der Waals surface area contributed by atoms with Crippen LogP contribution in [0.15, 0.2) is 41.6 Å². The van der Waals surface area contributed by atoms with E-state index in [-0.39, 0.29) is 0 Å². The summed E-state index contributed by atoms with van der Waals surface area (Å²) in [4.78, 5) is 0. The van der Waals surface area contributed by atoms with E-state index in [0.717, 1.165) is 6.42 Å². The Kier molecular flexibility index (Phi) is 3.63. The standard InChI is InChI=1S/C17H24Si/c1-6-9-16-15(12-13(2)3)14-10-7-8-11-17(14)18(16,4)5/h7-8,10-11H,2,6,9,12H2,1,3-5H3. The van der Waals surface area contributed by atoms with Crippen LogP contribution in [0.3, 0.4) is 0 Å². The molecule has 0 spiro atoms.